The molecule has 0 fully saturated rings. The van der Waals surface area contributed by atoms with Gasteiger partial charge in [0.25, 0.3) is 0 Å². The summed E-state index contributed by atoms with van der Waals surface area (Å²) in [5.74, 6) is -0.871. The molecule has 5 nitrogen and oxygen atoms in total. The topological polar surface area (TPSA) is 65.0 Å². The molecule has 0 aromatic carbocycles. The Morgan fingerprint density at radius 3 is 2.91 bits per heavy atom. The molecule has 1 aliphatic rings. The van der Waals surface area contributed by atoms with Crippen molar-refractivity contribution in [1.82, 2.24) is 5.06 Å². The van der Waals surface area contributed by atoms with Crippen LogP contribution in [-0.4, -0.2) is 29.6 Å². The number of likely N-dealkylation sites (N-methyl/N-ethyl adjacent to an activating group) is 1. The maximum Gasteiger partial charge on any atom is 0.208 e. The largest absolute Gasteiger partial charge is 0.546 e. The zero-order valence-electron chi connectivity index (χ0n) is 6.40. The van der Waals surface area contributed by atoms with E-state index in [4.69, 9.17) is 4.84 Å². The van der Waals surface area contributed by atoms with Crippen molar-refractivity contribution in [2.45, 2.75) is 20.0 Å². The molecule has 1 heterocycles. The van der Waals surface area contributed by atoms with Crippen LogP contribution in [0.2, 0.25) is 0 Å². The highest BCUT2D eigenvalue weighted by Crippen LogP contribution is 2.10. The van der Waals surface area contributed by atoms with Gasteiger partial charge < -0.3 is 14.7 Å². The second kappa shape index (κ2) is 2.87. The van der Waals surface area contributed by atoms with Crippen LogP contribution in [0, 0.1) is 0 Å². The lowest BCUT2D eigenvalue weighted by Gasteiger charge is -2.19. The van der Waals surface area contributed by atoms with E-state index in [1.165, 1.54) is 5.06 Å². The summed E-state index contributed by atoms with van der Waals surface area (Å²) in [4.78, 5) is 19.0. The Hall–Kier alpha value is -1.10. The van der Waals surface area contributed by atoms with E-state index in [0.717, 1.165) is 0 Å². The van der Waals surface area contributed by atoms with Crippen molar-refractivity contribution in [3.05, 3.63) is 0 Å². The minimum atomic E-state index is -1.23. The van der Waals surface area contributed by atoms with Crippen molar-refractivity contribution < 1.29 is 14.7 Å². The van der Waals surface area contributed by atoms with Crippen molar-refractivity contribution in [2.24, 2.45) is 4.99 Å². The number of rotatable bonds is 2. The monoisotopic (exact) mass is 157 g/mol. The van der Waals surface area contributed by atoms with Gasteiger partial charge in [0, 0.05) is 13.5 Å². The van der Waals surface area contributed by atoms with Gasteiger partial charge in [0.1, 0.15) is 0 Å². The molecule has 1 aliphatic heterocycles. The number of carboxylic acid groups (broad SMARTS) is 1. The highest BCUT2D eigenvalue weighted by Gasteiger charge is 2.25. The zero-order valence-corrected chi connectivity index (χ0v) is 6.40. The fraction of sp³-hybridized carbons (Fsp3) is 0.667. The van der Waals surface area contributed by atoms with Crippen LogP contribution in [0.4, 0.5) is 0 Å². The van der Waals surface area contributed by atoms with Gasteiger partial charge in [0.15, 0.2) is 6.17 Å². The number of nitrogens with zero attached hydrogens (tertiary/aromatic N) is 2. The first-order chi connectivity index (χ1) is 5.15. The minimum Gasteiger partial charge on any atom is -0.546 e. The van der Waals surface area contributed by atoms with Gasteiger partial charge in [0.2, 0.25) is 5.90 Å². The number of hydrogen-bond donors (Lipinski definition) is 0. The molecule has 11 heavy (non-hydrogen) atoms. The summed E-state index contributed by atoms with van der Waals surface area (Å²) in [6, 6.07) is 0. The molecule has 0 saturated heterocycles. The summed E-state index contributed by atoms with van der Waals surface area (Å²) < 4.78 is 0. The molecule has 0 aromatic rings. The number of hydrogen-bond acceptors (Lipinski definition) is 5. The quantitative estimate of drug-likeness (QED) is 0.502. The van der Waals surface area contributed by atoms with Crippen LogP contribution in [0.15, 0.2) is 4.99 Å². The number of carboxylic acids is 1. The zero-order chi connectivity index (χ0) is 8.43. The Balaban J connectivity index is 2.68. The molecule has 1 rings (SSSR count). The number of carbonyl (C=O) groups is 1. The number of carbonyl (C=O) groups excluding carboxylic acids is 1. The summed E-state index contributed by atoms with van der Waals surface area (Å²) in [7, 11) is 0. The molecule has 0 bridgehead atoms. The molecular weight excluding hydrogens is 148 g/mol. The van der Waals surface area contributed by atoms with Crippen LogP contribution < -0.4 is 5.11 Å². The van der Waals surface area contributed by atoms with Crippen LogP contribution >= 0.6 is 0 Å². The summed E-state index contributed by atoms with van der Waals surface area (Å²) in [5, 5.41) is 11.6. The maximum absolute atomic E-state index is 10.4. The third kappa shape index (κ3) is 1.48. The van der Waals surface area contributed by atoms with Crippen molar-refractivity contribution >= 4 is 11.9 Å². The highest BCUT2D eigenvalue weighted by atomic mass is 16.7. The predicted molar refractivity (Wildman–Crippen MR) is 35.4 cm³/mol. The van der Waals surface area contributed by atoms with Gasteiger partial charge >= 0.3 is 0 Å². The van der Waals surface area contributed by atoms with Crippen molar-refractivity contribution in [1.29, 1.82) is 0 Å². The van der Waals surface area contributed by atoms with Crippen LogP contribution in [0.3, 0.4) is 0 Å². The summed E-state index contributed by atoms with van der Waals surface area (Å²) in [5.41, 5.74) is 0. The Labute approximate surface area is 64.2 Å². The van der Waals surface area contributed by atoms with E-state index in [1.54, 1.807) is 13.8 Å². The Morgan fingerprint density at radius 1 is 1.91 bits per heavy atom. The van der Waals surface area contributed by atoms with Crippen LogP contribution in [-0.2, 0) is 9.63 Å². The van der Waals surface area contributed by atoms with E-state index in [0.29, 0.717) is 12.4 Å². The van der Waals surface area contributed by atoms with Crippen molar-refractivity contribution in [2.75, 3.05) is 6.54 Å². The third-order valence-corrected chi connectivity index (χ3v) is 1.35. The van der Waals surface area contributed by atoms with Crippen molar-refractivity contribution in [3.63, 3.8) is 0 Å². The van der Waals surface area contributed by atoms with E-state index in [9.17, 15) is 9.90 Å². The fourth-order valence-corrected chi connectivity index (χ4v) is 0.888. The summed E-state index contributed by atoms with van der Waals surface area (Å²) >= 11 is 0. The van der Waals surface area contributed by atoms with Crippen molar-refractivity contribution in [3.8, 4) is 0 Å². The second-order valence-electron chi connectivity index (χ2n) is 2.17. The van der Waals surface area contributed by atoms with E-state index in [1.807, 2.05) is 0 Å². The van der Waals surface area contributed by atoms with Gasteiger partial charge in [-0.2, -0.15) is 0 Å². The van der Waals surface area contributed by atoms with Gasteiger partial charge in [0.05, 0.1) is 5.97 Å². The standard InChI is InChI=1S/C6H10N2O3/c1-3-8-5(6(9)10)7-4(2)11-8/h5H,3H2,1-2H3,(H,9,10)/p-1. The van der Waals surface area contributed by atoms with E-state index < -0.39 is 12.1 Å². The maximum atomic E-state index is 10.4. The number of aliphatic carboxylic acids is 1. The van der Waals surface area contributed by atoms with Gasteiger partial charge in [-0.1, -0.05) is 0 Å². The first kappa shape index (κ1) is 8.00. The lowest BCUT2D eigenvalue weighted by Crippen LogP contribution is -2.43. The molecule has 0 spiro atoms. The lowest BCUT2D eigenvalue weighted by atomic mass is 10.5. The molecule has 0 amide bonds. The normalized spacial score (nSPS) is 24.5. The molecule has 62 valence electrons. The smallest absolute Gasteiger partial charge is 0.208 e. The van der Waals surface area contributed by atoms with Gasteiger partial charge in [-0.25, -0.2) is 4.99 Å². The average molecular weight is 157 g/mol. The van der Waals surface area contributed by atoms with Gasteiger partial charge in [-0.15, -0.1) is 5.06 Å². The Kier molecular flexibility index (Phi) is 2.09. The number of hydroxylamine groups is 2. The Morgan fingerprint density at radius 2 is 2.55 bits per heavy atom. The summed E-state index contributed by atoms with van der Waals surface area (Å²) in [6.45, 7) is 3.86. The molecule has 1 unspecified atom stereocenters. The molecule has 0 aromatic heterocycles. The molecule has 0 aliphatic carbocycles. The predicted octanol–water partition coefficient (Wildman–Crippen LogP) is -1.25. The molecule has 1 atom stereocenters. The molecule has 0 radical (unpaired) electrons. The molecule has 5 heteroatoms. The van der Waals surface area contributed by atoms with Crippen LogP contribution in [0.25, 0.3) is 0 Å². The molecule has 0 saturated carbocycles. The molecule has 0 N–H and O–H groups in total. The fourth-order valence-electron chi connectivity index (χ4n) is 0.888. The second-order valence-corrected chi connectivity index (χ2v) is 2.17. The molecular formula is C6H9N2O3-. The van der Waals surface area contributed by atoms with E-state index in [2.05, 4.69) is 4.99 Å². The van der Waals surface area contributed by atoms with Gasteiger partial charge in [-0.05, 0) is 6.92 Å². The first-order valence-corrected chi connectivity index (χ1v) is 3.35. The minimum absolute atomic E-state index is 0.362. The van der Waals surface area contributed by atoms with Gasteiger partial charge in [-0.3, -0.25) is 0 Å². The highest BCUT2D eigenvalue weighted by molar-refractivity contribution is 5.81. The van der Waals surface area contributed by atoms with Crippen LogP contribution in [0.1, 0.15) is 13.8 Å². The van der Waals surface area contributed by atoms with E-state index in [-0.39, 0.29) is 0 Å². The third-order valence-electron chi connectivity index (χ3n) is 1.35. The average Bonchev–Trinajstić information content (AvgIpc) is 2.30. The number of aliphatic imine (C=N–C) groups is 1. The SMILES string of the molecule is CCN1OC(C)=NC1C(=O)[O-]. The van der Waals surface area contributed by atoms with E-state index >= 15 is 0 Å². The lowest BCUT2D eigenvalue weighted by molar-refractivity contribution is -0.315. The van der Waals surface area contributed by atoms with Crippen LogP contribution in [0.5, 0.6) is 0 Å². The first-order valence-electron chi connectivity index (χ1n) is 3.35. The Bertz CT molecular complexity index is 202. The summed E-state index contributed by atoms with van der Waals surface area (Å²) in [6.07, 6.45) is -0.972.